The van der Waals surface area contributed by atoms with Crippen LogP contribution in [-0.4, -0.2) is 25.2 Å². The molecule has 21 heavy (non-hydrogen) atoms. The zero-order chi connectivity index (χ0) is 14.7. The molecule has 0 amide bonds. The molecule has 1 atom stereocenters. The summed E-state index contributed by atoms with van der Waals surface area (Å²) in [7, 11) is -1.06. The van der Waals surface area contributed by atoms with Crippen molar-refractivity contribution >= 4 is 10.8 Å². The Bertz CT molecular complexity index is 603. The third-order valence-corrected chi connectivity index (χ3v) is 5.24. The van der Waals surface area contributed by atoms with E-state index in [0.717, 1.165) is 6.54 Å². The molecule has 1 aromatic heterocycles. The van der Waals surface area contributed by atoms with Gasteiger partial charge >= 0.3 is 0 Å². The van der Waals surface area contributed by atoms with E-state index < -0.39 is 10.8 Å². The molecule has 0 N–H and O–H groups in total. The molecule has 0 bridgehead atoms. The van der Waals surface area contributed by atoms with Gasteiger partial charge in [-0.2, -0.15) is 0 Å². The number of nitrogens with zero attached hydrogens (tertiary/aromatic N) is 3. The van der Waals surface area contributed by atoms with E-state index in [1.165, 1.54) is 31.2 Å². The third kappa shape index (κ3) is 3.40. The molecule has 0 aliphatic heterocycles. The topological polar surface area (TPSA) is 47.8 Å². The van der Waals surface area contributed by atoms with Gasteiger partial charge in [0, 0.05) is 12.8 Å². The molecule has 1 aliphatic rings. The van der Waals surface area contributed by atoms with Gasteiger partial charge in [-0.05, 0) is 43.1 Å². The lowest BCUT2D eigenvalue weighted by molar-refractivity contribution is 0.287. The Balaban J connectivity index is 1.59. The van der Waals surface area contributed by atoms with Gasteiger partial charge in [0.05, 0.1) is 10.8 Å². The Hall–Kier alpha value is -1.49. The highest BCUT2D eigenvalue weighted by molar-refractivity contribution is 7.84. The number of rotatable bonds is 4. The second-order valence-electron chi connectivity index (χ2n) is 5.85. The van der Waals surface area contributed by atoms with Crippen molar-refractivity contribution in [2.45, 2.75) is 43.3 Å². The number of benzene rings is 1. The van der Waals surface area contributed by atoms with Gasteiger partial charge in [-0.3, -0.25) is 4.21 Å². The first-order chi connectivity index (χ1) is 10.2. The molecule has 0 radical (unpaired) electrons. The quantitative estimate of drug-likeness (QED) is 0.872. The summed E-state index contributed by atoms with van der Waals surface area (Å²) in [5, 5.41) is 8.45. The highest BCUT2D eigenvalue weighted by Gasteiger charge is 2.23. The summed E-state index contributed by atoms with van der Waals surface area (Å²) >= 11 is 0. The fourth-order valence-corrected chi connectivity index (χ4v) is 3.89. The van der Waals surface area contributed by atoms with Gasteiger partial charge in [0.15, 0.2) is 0 Å². The van der Waals surface area contributed by atoms with Crippen molar-refractivity contribution in [1.29, 1.82) is 0 Å². The lowest BCUT2D eigenvalue weighted by Gasteiger charge is -2.29. The molecule has 112 valence electrons. The average molecular weight is 303 g/mol. The van der Waals surface area contributed by atoms with Crippen LogP contribution in [0.5, 0.6) is 0 Å². The van der Waals surface area contributed by atoms with Crippen LogP contribution in [0.3, 0.4) is 0 Å². The first-order valence-corrected chi connectivity index (χ1v) is 9.06. The van der Waals surface area contributed by atoms with Crippen LogP contribution in [0, 0.1) is 5.92 Å². The first-order valence-electron chi connectivity index (χ1n) is 7.50. The molecule has 1 aromatic carbocycles. The highest BCUT2D eigenvalue weighted by Crippen LogP contribution is 2.36. The van der Waals surface area contributed by atoms with Crippen LogP contribution in [0.1, 0.15) is 37.2 Å². The Labute approximate surface area is 128 Å². The van der Waals surface area contributed by atoms with E-state index in [2.05, 4.69) is 40.5 Å². The number of hydrogen-bond donors (Lipinski definition) is 0. The second-order valence-corrected chi connectivity index (χ2v) is 7.12. The van der Waals surface area contributed by atoms with Crippen LogP contribution >= 0.6 is 0 Å². The molecule has 0 unspecified atom stereocenters. The van der Waals surface area contributed by atoms with Gasteiger partial charge in [-0.15, -0.1) is 10.2 Å². The minimum absolute atomic E-state index is 0.597. The van der Waals surface area contributed by atoms with Gasteiger partial charge in [0.2, 0.25) is 5.16 Å². The number of aromatic nitrogens is 3. The summed E-state index contributed by atoms with van der Waals surface area (Å²) < 4.78 is 13.6. The molecular formula is C16H21N3OS. The molecule has 2 aromatic rings. The summed E-state index contributed by atoms with van der Waals surface area (Å²) in [5.74, 6) is 1.34. The predicted molar refractivity (Wildman–Crippen MR) is 83.5 cm³/mol. The molecule has 1 heterocycles. The van der Waals surface area contributed by atoms with E-state index in [9.17, 15) is 4.21 Å². The Morgan fingerprint density at radius 2 is 1.90 bits per heavy atom. The van der Waals surface area contributed by atoms with Crippen LogP contribution in [0.25, 0.3) is 0 Å². The molecule has 0 saturated heterocycles. The molecule has 5 heteroatoms. The Kier molecular flexibility index (Phi) is 4.48. The first kappa shape index (κ1) is 14.4. The standard InChI is InChI=1S/C16H21N3OS/c1-21(20)16-18-17-12-19(16)11-13-7-9-15(10-8-13)14-5-3-2-4-6-14/h2-6,12-13,15H,7-11H2,1H3/t13?,15?,21-/m0/s1. The molecular weight excluding hydrogens is 282 g/mol. The van der Waals surface area contributed by atoms with E-state index in [-0.39, 0.29) is 0 Å². The summed E-state index contributed by atoms with van der Waals surface area (Å²) in [6.07, 6.45) is 8.27. The molecule has 1 saturated carbocycles. The van der Waals surface area contributed by atoms with Crippen molar-refractivity contribution in [2.24, 2.45) is 5.92 Å². The molecule has 4 nitrogen and oxygen atoms in total. The van der Waals surface area contributed by atoms with Crippen LogP contribution < -0.4 is 0 Å². The Morgan fingerprint density at radius 1 is 1.19 bits per heavy atom. The summed E-state index contributed by atoms with van der Waals surface area (Å²) in [4.78, 5) is 0. The van der Waals surface area contributed by atoms with Crippen LogP contribution in [0.4, 0.5) is 0 Å². The molecule has 3 rings (SSSR count). The van der Waals surface area contributed by atoms with Gasteiger partial charge in [0.25, 0.3) is 0 Å². The summed E-state index contributed by atoms with van der Waals surface area (Å²) in [6.45, 7) is 0.892. The lowest BCUT2D eigenvalue weighted by atomic mass is 9.79. The normalized spacial score (nSPS) is 23.9. The van der Waals surface area contributed by atoms with E-state index in [0.29, 0.717) is 17.0 Å². The van der Waals surface area contributed by atoms with Crippen LogP contribution in [0.15, 0.2) is 41.8 Å². The van der Waals surface area contributed by atoms with E-state index in [4.69, 9.17) is 0 Å². The smallest absolute Gasteiger partial charge is 0.221 e. The second kappa shape index (κ2) is 6.52. The van der Waals surface area contributed by atoms with Crippen molar-refractivity contribution in [3.63, 3.8) is 0 Å². The summed E-state index contributed by atoms with van der Waals surface area (Å²) in [6, 6.07) is 10.8. The van der Waals surface area contributed by atoms with Crippen molar-refractivity contribution in [3.05, 3.63) is 42.2 Å². The van der Waals surface area contributed by atoms with E-state index in [1.54, 1.807) is 12.6 Å². The fourth-order valence-electron chi connectivity index (χ4n) is 3.27. The maximum absolute atomic E-state index is 11.6. The maximum Gasteiger partial charge on any atom is 0.221 e. The van der Waals surface area contributed by atoms with Gasteiger partial charge < -0.3 is 4.57 Å². The largest absolute Gasteiger partial charge is 0.306 e. The van der Waals surface area contributed by atoms with Gasteiger partial charge in [0.1, 0.15) is 6.33 Å². The van der Waals surface area contributed by atoms with Crippen LogP contribution in [0.2, 0.25) is 0 Å². The zero-order valence-corrected chi connectivity index (χ0v) is 13.1. The third-order valence-electron chi connectivity index (χ3n) is 4.41. The maximum atomic E-state index is 11.6. The fraction of sp³-hybridized carbons (Fsp3) is 0.500. The Morgan fingerprint density at radius 3 is 2.57 bits per heavy atom. The lowest BCUT2D eigenvalue weighted by Crippen LogP contribution is -2.19. The monoisotopic (exact) mass is 303 g/mol. The van der Waals surface area contributed by atoms with Crippen molar-refractivity contribution in [2.75, 3.05) is 6.26 Å². The SMILES string of the molecule is C[S@](=O)c1nncn1CC1CCC(c2ccccc2)CC1. The predicted octanol–water partition coefficient (Wildman–Crippen LogP) is 2.99. The molecule has 0 spiro atoms. The number of hydrogen-bond acceptors (Lipinski definition) is 3. The van der Waals surface area contributed by atoms with E-state index >= 15 is 0 Å². The minimum atomic E-state index is -1.06. The summed E-state index contributed by atoms with van der Waals surface area (Å²) in [5.41, 5.74) is 1.47. The van der Waals surface area contributed by atoms with Crippen molar-refractivity contribution < 1.29 is 4.21 Å². The molecule has 1 fully saturated rings. The van der Waals surface area contributed by atoms with Crippen molar-refractivity contribution in [1.82, 2.24) is 14.8 Å². The van der Waals surface area contributed by atoms with Crippen molar-refractivity contribution in [3.8, 4) is 0 Å². The van der Waals surface area contributed by atoms with Gasteiger partial charge in [-0.25, -0.2) is 0 Å². The average Bonchev–Trinajstić information content (AvgIpc) is 2.97. The zero-order valence-electron chi connectivity index (χ0n) is 12.3. The van der Waals surface area contributed by atoms with Crippen LogP contribution in [-0.2, 0) is 17.3 Å². The van der Waals surface area contributed by atoms with Gasteiger partial charge in [-0.1, -0.05) is 30.3 Å². The minimum Gasteiger partial charge on any atom is -0.306 e. The van der Waals surface area contributed by atoms with E-state index in [1.807, 2.05) is 4.57 Å². The molecule has 1 aliphatic carbocycles. The highest BCUT2D eigenvalue weighted by atomic mass is 32.2.